The first kappa shape index (κ1) is 14.0. The molecular weight excluding hydrogens is 258 g/mol. The van der Waals surface area contributed by atoms with Crippen molar-refractivity contribution in [2.24, 2.45) is 0 Å². The van der Waals surface area contributed by atoms with Crippen LogP contribution in [0.1, 0.15) is 11.1 Å². The highest BCUT2D eigenvalue weighted by molar-refractivity contribution is 5.55. The van der Waals surface area contributed by atoms with E-state index in [1.807, 2.05) is 24.3 Å². The van der Waals surface area contributed by atoms with Gasteiger partial charge in [-0.2, -0.15) is 0 Å². The summed E-state index contributed by atoms with van der Waals surface area (Å²) in [6, 6.07) is 10.5. The highest BCUT2D eigenvalue weighted by Crippen LogP contribution is 2.20. The number of benzene rings is 1. The van der Waals surface area contributed by atoms with Crippen molar-refractivity contribution in [2.75, 3.05) is 11.9 Å². The van der Waals surface area contributed by atoms with Crippen LogP contribution in [0.3, 0.4) is 0 Å². The zero-order chi connectivity index (χ0) is 14.4. The second-order valence-corrected chi connectivity index (χ2v) is 4.28. The van der Waals surface area contributed by atoms with Gasteiger partial charge in [0.15, 0.2) is 0 Å². The van der Waals surface area contributed by atoms with Crippen LogP contribution in [0.25, 0.3) is 0 Å². The highest BCUT2D eigenvalue weighted by atomic mass is 16.6. The summed E-state index contributed by atoms with van der Waals surface area (Å²) < 4.78 is 0. The first-order valence-electron chi connectivity index (χ1n) is 6.22. The van der Waals surface area contributed by atoms with Crippen LogP contribution in [0.15, 0.2) is 42.6 Å². The summed E-state index contributed by atoms with van der Waals surface area (Å²) >= 11 is 0. The van der Waals surface area contributed by atoms with Crippen LogP contribution in [0.4, 0.5) is 11.5 Å². The van der Waals surface area contributed by atoms with Gasteiger partial charge in [0, 0.05) is 18.8 Å². The number of aliphatic hydroxyl groups excluding tert-OH is 1. The Morgan fingerprint density at radius 2 is 1.90 bits per heavy atom. The third kappa shape index (κ3) is 3.52. The molecular formula is C14H15N3O3. The van der Waals surface area contributed by atoms with E-state index in [1.165, 1.54) is 18.3 Å². The van der Waals surface area contributed by atoms with E-state index in [-0.39, 0.29) is 18.1 Å². The van der Waals surface area contributed by atoms with Gasteiger partial charge in [-0.15, -0.1) is 0 Å². The van der Waals surface area contributed by atoms with Crippen molar-refractivity contribution in [2.45, 2.75) is 13.0 Å². The minimum Gasteiger partial charge on any atom is -0.392 e. The lowest BCUT2D eigenvalue weighted by Crippen LogP contribution is -2.08. The molecule has 1 aromatic heterocycles. The summed E-state index contributed by atoms with van der Waals surface area (Å²) in [5.41, 5.74) is 1.93. The van der Waals surface area contributed by atoms with Crippen molar-refractivity contribution in [3.63, 3.8) is 0 Å². The van der Waals surface area contributed by atoms with E-state index in [0.29, 0.717) is 6.54 Å². The van der Waals surface area contributed by atoms with Crippen molar-refractivity contribution >= 4 is 11.5 Å². The Balaban J connectivity index is 1.94. The van der Waals surface area contributed by atoms with Crippen LogP contribution in [0.5, 0.6) is 0 Å². The number of hydrogen-bond donors (Lipinski definition) is 2. The van der Waals surface area contributed by atoms with Gasteiger partial charge in [0.25, 0.3) is 0 Å². The molecule has 0 amide bonds. The molecule has 0 radical (unpaired) electrons. The molecule has 0 fully saturated rings. The number of rotatable bonds is 6. The van der Waals surface area contributed by atoms with Gasteiger partial charge in [0.2, 0.25) is 5.82 Å². The van der Waals surface area contributed by atoms with E-state index in [0.717, 1.165) is 17.5 Å². The fraction of sp³-hybridized carbons (Fsp3) is 0.214. The van der Waals surface area contributed by atoms with Gasteiger partial charge in [-0.05, 0) is 23.6 Å². The normalized spacial score (nSPS) is 10.2. The molecule has 0 atom stereocenters. The number of hydrogen-bond acceptors (Lipinski definition) is 5. The van der Waals surface area contributed by atoms with E-state index in [4.69, 9.17) is 5.11 Å². The molecule has 104 valence electrons. The molecule has 0 saturated carbocycles. The van der Waals surface area contributed by atoms with Gasteiger partial charge in [-0.3, -0.25) is 10.1 Å². The lowest BCUT2D eigenvalue weighted by molar-refractivity contribution is -0.384. The average molecular weight is 273 g/mol. The van der Waals surface area contributed by atoms with Crippen LogP contribution in [0, 0.1) is 10.1 Å². The summed E-state index contributed by atoms with van der Waals surface area (Å²) in [6.07, 6.45) is 2.24. The predicted molar refractivity (Wildman–Crippen MR) is 75.4 cm³/mol. The molecule has 2 rings (SSSR count). The molecule has 0 saturated heterocycles. The van der Waals surface area contributed by atoms with E-state index >= 15 is 0 Å². The maximum atomic E-state index is 10.8. The molecule has 0 aliphatic heterocycles. The Bertz CT molecular complexity index is 584. The second-order valence-electron chi connectivity index (χ2n) is 4.28. The largest absolute Gasteiger partial charge is 0.392 e. The minimum absolute atomic E-state index is 0.0249. The molecule has 0 bridgehead atoms. The molecule has 0 aliphatic carbocycles. The Morgan fingerprint density at radius 3 is 2.55 bits per heavy atom. The molecule has 2 N–H and O–H groups in total. The number of aliphatic hydroxyl groups is 1. The predicted octanol–water partition coefficient (Wildman–Crippen LogP) is 2.14. The lowest BCUT2D eigenvalue weighted by atomic mass is 10.1. The summed E-state index contributed by atoms with van der Waals surface area (Å²) in [7, 11) is 0. The maximum Gasteiger partial charge on any atom is 0.311 e. The van der Waals surface area contributed by atoms with Gasteiger partial charge >= 0.3 is 5.69 Å². The van der Waals surface area contributed by atoms with E-state index in [9.17, 15) is 10.1 Å². The minimum atomic E-state index is -0.453. The number of aromatic nitrogens is 1. The fourth-order valence-corrected chi connectivity index (χ4v) is 1.82. The Kier molecular flexibility index (Phi) is 4.62. The number of nitrogens with one attached hydrogen (secondary N) is 1. The number of pyridine rings is 1. The van der Waals surface area contributed by atoms with Gasteiger partial charge in [0.1, 0.15) is 0 Å². The van der Waals surface area contributed by atoms with E-state index in [2.05, 4.69) is 10.3 Å². The standard InChI is InChI=1S/C14H15N3O3/c18-10-12-5-3-11(4-6-12)7-9-16-14-13(17(19)20)2-1-8-15-14/h1-6,8,18H,7,9-10H2,(H,15,16). The topological polar surface area (TPSA) is 88.3 Å². The first-order chi connectivity index (χ1) is 9.70. The Hall–Kier alpha value is -2.47. The average Bonchev–Trinajstić information content (AvgIpc) is 2.48. The van der Waals surface area contributed by atoms with Gasteiger partial charge in [-0.1, -0.05) is 24.3 Å². The lowest BCUT2D eigenvalue weighted by Gasteiger charge is -2.06. The smallest absolute Gasteiger partial charge is 0.311 e. The third-order valence-corrected chi connectivity index (χ3v) is 2.89. The number of anilines is 1. The quantitative estimate of drug-likeness (QED) is 0.621. The molecule has 2 aromatic rings. The van der Waals surface area contributed by atoms with Gasteiger partial charge < -0.3 is 10.4 Å². The summed E-state index contributed by atoms with van der Waals surface area (Å²) in [5.74, 6) is 0.282. The Morgan fingerprint density at radius 1 is 1.20 bits per heavy atom. The SMILES string of the molecule is O=[N+]([O-])c1cccnc1NCCc1ccc(CO)cc1. The van der Waals surface area contributed by atoms with E-state index < -0.39 is 4.92 Å². The Labute approximate surface area is 116 Å². The molecule has 6 nitrogen and oxygen atoms in total. The first-order valence-corrected chi connectivity index (χ1v) is 6.22. The molecule has 20 heavy (non-hydrogen) atoms. The van der Waals surface area contributed by atoms with Crippen LogP contribution in [-0.4, -0.2) is 21.6 Å². The third-order valence-electron chi connectivity index (χ3n) is 2.89. The fourth-order valence-electron chi connectivity index (χ4n) is 1.82. The monoisotopic (exact) mass is 273 g/mol. The number of nitrogens with zero attached hydrogens (tertiary/aromatic N) is 2. The molecule has 0 unspecified atom stereocenters. The van der Waals surface area contributed by atoms with Crippen molar-refractivity contribution in [3.8, 4) is 0 Å². The van der Waals surface area contributed by atoms with Crippen molar-refractivity contribution in [3.05, 3.63) is 63.8 Å². The van der Waals surface area contributed by atoms with Crippen LogP contribution < -0.4 is 5.32 Å². The summed E-state index contributed by atoms with van der Waals surface area (Å²) in [4.78, 5) is 14.3. The maximum absolute atomic E-state index is 10.8. The summed E-state index contributed by atoms with van der Waals surface area (Å²) in [6.45, 7) is 0.578. The molecule has 1 heterocycles. The van der Waals surface area contributed by atoms with Crippen LogP contribution in [0.2, 0.25) is 0 Å². The molecule has 6 heteroatoms. The van der Waals surface area contributed by atoms with Gasteiger partial charge in [-0.25, -0.2) is 4.98 Å². The van der Waals surface area contributed by atoms with Crippen molar-refractivity contribution < 1.29 is 10.0 Å². The van der Waals surface area contributed by atoms with Crippen LogP contribution in [-0.2, 0) is 13.0 Å². The summed E-state index contributed by atoms with van der Waals surface area (Å²) in [5, 5.41) is 22.7. The van der Waals surface area contributed by atoms with Gasteiger partial charge in [0.05, 0.1) is 11.5 Å². The highest BCUT2D eigenvalue weighted by Gasteiger charge is 2.12. The van der Waals surface area contributed by atoms with Crippen molar-refractivity contribution in [1.82, 2.24) is 4.98 Å². The molecule has 0 spiro atoms. The second kappa shape index (κ2) is 6.63. The number of nitro groups is 1. The van der Waals surface area contributed by atoms with Crippen molar-refractivity contribution in [1.29, 1.82) is 0 Å². The molecule has 0 aliphatic rings. The van der Waals surface area contributed by atoms with E-state index in [1.54, 1.807) is 0 Å². The zero-order valence-corrected chi connectivity index (χ0v) is 10.8. The van der Waals surface area contributed by atoms with Crippen LogP contribution >= 0.6 is 0 Å². The zero-order valence-electron chi connectivity index (χ0n) is 10.8. The molecule has 1 aromatic carbocycles.